The summed E-state index contributed by atoms with van der Waals surface area (Å²) in [5, 5.41) is 3.34. The normalized spacial score (nSPS) is 11.8. The molecule has 2 rings (SSSR count). The Kier molecular flexibility index (Phi) is 5.11. The van der Waals surface area contributed by atoms with Crippen LogP contribution in [0, 0.1) is 6.92 Å². The number of amides is 1. The van der Waals surface area contributed by atoms with Crippen molar-refractivity contribution in [2.45, 2.75) is 26.5 Å². The van der Waals surface area contributed by atoms with Crippen LogP contribution in [-0.2, 0) is 11.3 Å². The van der Waals surface area contributed by atoms with E-state index >= 15 is 0 Å². The van der Waals surface area contributed by atoms with Gasteiger partial charge in [0.05, 0.1) is 12.2 Å². The SMILES string of the molecule is Cc1cc(CNC(=O)C(C)Oc2cccc(Cl)c2)ncn1. The number of nitrogens with one attached hydrogen (secondary N) is 1. The Balaban J connectivity index is 1.88. The Hall–Kier alpha value is -2.14. The lowest BCUT2D eigenvalue weighted by Gasteiger charge is -2.14. The molecule has 1 unspecified atom stereocenters. The molecule has 1 heterocycles. The quantitative estimate of drug-likeness (QED) is 0.922. The van der Waals surface area contributed by atoms with Crippen molar-refractivity contribution in [3.05, 3.63) is 53.1 Å². The van der Waals surface area contributed by atoms with Gasteiger partial charge < -0.3 is 10.1 Å². The molecular weight excluding hydrogens is 290 g/mol. The second-order valence-electron chi connectivity index (χ2n) is 4.59. The summed E-state index contributed by atoms with van der Waals surface area (Å²) >= 11 is 5.87. The van der Waals surface area contributed by atoms with E-state index in [1.165, 1.54) is 6.33 Å². The largest absolute Gasteiger partial charge is 0.481 e. The monoisotopic (exact) mass is 305 g/mol. The molecule has 0 spiro atoms. The van der Waals surface area contributed by atoms with Gasteiger partial charge in [-0.15, -0.1) is 0 Å². The number of halogens is 1. The molecule has 0 bridgehead atoms. The maximum atomic E-state index is 12.0. The van der Waals surface area contributed by atoms with Gasteiger partial charge in [-0.25, -0.2) is 9.97 Å². The highest BCUT2D eigenvalue weighted by atomic mass is 35.5. The molecule has 0 saturated heterocycles. The van der Waals surface area contributed by atoms with Crippen molar-refractivity contribution in [3.8, 4) is 5.75 Å². The van der Waals surface area contributed by atoms with Crippen molar-refractivity contribution in [1.29, 1.82) is 0 Å². The molecule has 1 aromatic carbocycles. The molecule has 1 N–H and O–H groups in total. The van der Waals surface area contributed by atoms with Gasteiger partial charge >= 0.3 is 0 Å². The van der Waals surface area contributed by atoms with Crippen molar-refractivity contribution < 1.29 is 9.53 Å². The van der Waals surface area contributed by atoms with Gasteiger partial charge in [-0.3, -0.25) is 4.79 Å². The summed E-state index contributed by atoms with van der Waals surface area (Å²) in [6.45, 7) is 3.89. The molecule has 0 radical (unpaired) electrons. The summed E-state index contributed by atoms with van der Waals surface area (Å²) in [4.78, 5) is 20.1. The van der Waals surface area contributed by atoms with E-state index < -0.39 is 6.10 Å². The molecule has 1 aromatic heterocycles. The van der Waals surface area contributed by atoms with Gasteiger partial charge in [0.1, 0.15) is 12.1 Å². The molecular formula is C15H16ClN3O2. The van der Waals surface area contributed by atoms with E-state index in [2.05, 4.69) is 15.3 Å². The molecule has 6 heteroatoms. The highest BCUT2D eigenvalue weighted by Gasteiger charge is 2.14. The van der Waals surface area contributed by atoms with E-state index in [1.54, 1.807) is 31.2 Å². The highest BCUT2D eigenvalue weighted by molar-refractivity contribution is 6.30. The van der Waals surface area contributed by atoms with Crippen molar-refractivity contribution in [2.75, 3.05) is 0 Å². The highest BCUT2D eigenvalue weighted by Crippen LogP contribution is 2.18. The second kappa shape index (κ2) is 7.04. The number of nitrogens with zero attached hydrogens (tertiary/aromatic N) is 2. The van der Waals surface area contributed by atoms with Gasteiger partial charge in [-0.2, -0.15) is 0 Å². The number of carbonyl (C=O) groups excluding carboxylic acids is 1. The molecule has 2 aromatic rings. The van der Waals surface area contributed by atoms with Crippen LogP contribution in [0.5, 0.6) is 5.75 Å². The second-order valence-corrected chi connectivity index (χ2v) is 5.02. The molecule has 5 nitrogen and oxygen atoms in total. The lowest BCUT2D eigenvalue weighted by Crippen LogP contribution is -2.36. The third kappa shape index (κ3) is 4.72. The Morgan fingerprint density at radius 1 is 1.38 bits per heavy atom. The summed E-state index contributed by atoms with van der Waals surface area (Å²) < 4.78 is 5.54. The molecule has 0 fully saturated rings. The van der Waals surface area contributed by atoms with Crippen LogP contribution in [0.4, 0.5) is 0 Å². The number of aromatic nitrogens is 2. The maximum Gasteiger partial charge on any atom is 0.261 e. The van der Waals surface area contributed by atoms with E-state index in [0.29, 0.717) is 17.3 Å². The molecule has 0 aliphatic rings. The lowest BCUT2D eigenvalue weighted by atomic mass is 10.3. The zero-order valence-electron chi connectivity index (χ0n) is 11.8. The Bertz CT molecular complexity index is 634. The summed E-state index contributed by atoms with van der Waals surface area (Å²) in [6, 6.07) is 8.76. The number of aryl methyl sites for hydroxylation is 1. The molecule has 0 saturated carbocycles. The van der Waals surface area contributed by atoms with Crippen molar-refractivity contribution >= 4 is 17.5 Å². The fraction of sp³-hybridized carbons (Fsp3) is 0.267. The van der Waals surface area contributed by atoms with E-state index in [0.717, 1.165) is 11.4 Å². The Labute approximate surface area is 128 Å². The van der Waals surface area contributed by atoms with Gasteiger partial charge in [0.2, 0.25) is 0 Å². The average Bonchev–Trinajstić information content (AvgIpc) is 2.45. The van der Waals surface area contributed by atoms with Gasteiger partial charge in [0.25, 0.3) is 5.91 Å². The number of hydrogen-bond donors (Lipinski definition) is 1. The zero-order valence-corrected chi connectivity index (χ0v) is 12.6. The van der Waals surface area contributed by atoms with Crippen LogP contribution in [-0.4, -0.2) is 22.0 Å². The third-order valence-electron chi connectivity index (χ3n) is 2.78. The minimum absolute atomic E-state index is 0.216. The first kappa shape index (κ1) is 15.3. The fourth-order valence-corrected chi connectivity index (χ4v) is 1.91. The minimum atomic E-state index is -0.619. The van der Waals surface area contributed by atoms with Gasteiger partial charge in [0.15, 0.2) is 6.10 Å². The van der Waals surface area contributed by atoms with Crippen LogP contribution in [0.25, 0.3) is 0 Å². The first-order valence-corrected chi connectivity index (χ1v) is 6.90. The predicted molar refractivity (Wildman–Crippen MR) is 80.2 cm³/mol. The number of benzene rings is 1. The molecule has 1 atom stereocenters. The van der Waals surface area contributed by atoms with Crippen LogP contribution in [0.15, 0.2) is 36.7 Å². The maximum absolute atomic E-state index is 12.0. The van der Waals surface area contributed by atoms with Crippen LogP contribution in [0.1, 0.15) is 18.3 Å². The van der Waals surface area contributed by atoms with Crippen molar-refractivity contribution in [2.24, 2.45) is 0 Å². The molecule has 0 aliphatic carbocycles. The number of carbonyl (C=O) groups is 1. The van der Waals surface area contributed by atoms with Gasteiger partial charge in [0, 0.05) is 10.7 Å². The van der Waals surface area contributed by atoms with Crippen LogP contribution in [0.3, 0.4) is 0 Å². The van der Waals surface area contributed by atoms with Crippen LogP contribution < -0.4 is 10.1 Å². The Morgan fingerprint density at radius 2 is 2.19 bits per heavy atom. The topological polar surface area (TPSA) is 64.1 Å². The fourth-order valence-electron chi connectivity index (χ4n) is 1.73. The molecule has 1 amide bonds. The number of ether oxygens (including phenoxy) is 1. The minimum Gasteiger partial charge on any atom is -0.481 e. The Morgan fingerprint density at radius 3 is 2.90 bits per heavy atom. The van der Waals surface area contributed by atoms with Crippen LogP contribution in [0.2, 0.25) is 5.02 Å². The number of hydrogen-bond acceptors (Lipinski definition) is 4. The lowest BCUT2D eigenvalue weighted by molar-refractivity contribution is -0.127. The first-order chi connectivity index (χ1) is 10.0. The van der Waals surface area contributed by atoms with Crippen LogP contribution >= 0.6 is 11.6 Å². The molecule has 0 aliphatic heterocycles. The molecule has 110 valence electrons. The summed E-state index contributed by atoms with van der Waals surface area (Å²) in [7, 11) is 0. The average molecular weight is 306 g/mol. The zero-order chi connectivity index (χ0) is 15.2. The van der Waals surface area contributed by atoms with Gasteiger partial charge in [-0.05, 0) is 38.1 Å². The summed E-state index contributed by atoms with van der Waals surface area (Å²) in [6.07, 6.45) is 0.856. The third-order valence-corrected chi connectivity index (χ3v) is 3.02. The first-order valence-electron chi connectivity index (χ1n) is 6.52. The number of rotatable bonds is 5. The summed E-state index contributed by atoms with van der Waals surface area (Å²) in [5.74, 6) is 0.342. The van der Waals surface area contributed by atoms with E-state index in [-0.39, 0.29) is 5.91 Å². The predicted octanol–water partition coefficient (Wildman–Crippen LogP) is 2.52. The van der Waals surface area contributed by atoms with Crippen molar-refractivity contribution in [3.63, 3.8) is 0 Å². The molecule has 21 heavy (non-hydrogen) atoms. The summed E-state index contributed by atoms with van der Waals surface area (Å²) in [5.41, 5.74) is 1.61. The van der Waals surface area contributed by atoms with Gasteiger partial charge in [-0.1, -0.05) is 17.7 Å². The van der Waals surface area contributed by atoms with E-state index in [4.69, 9.17) is 16.3 Å². The smallest absolute Gasteiger partial charge is 0.261 e. The van der Waals surface area contributed by atoms with E-state index in [1.807, 2.05) is 13.0 Å². The van der Waals surface area contributed by atoms with E-state index in [9.17, 15) is 4.79 Å². The van der Waals surface area contributed by atoms with Crippen molar-refractivity contribution in [1.82, 2.24) is 15.3 Å². The standard InChI is InChI=1S/C15H16ClN3O2/c1-10-6-13(19-9-18-10)8-17-15(20)11(2)21-14-5-3-4-12(16)7-14/h3-7,9,11H,8H2,1-2H3,(H,17,20).